The molecule has 3 amide bonds. The van der Waals surface area contributed by atoms with E-state index in [0.29, 0.717) is 37.6 Å². The van der Waals surface area contributed by atoms with Gasteiger partial charge in [0.25, 0.3) is 0 Å². The van der Waals surface area contributed by atoms with Gasteiger partial charge >= 0.3 is 5.97 Å². The van der Waals surface area contributed by atoms with Crippen molar-refractivity contribution in [2.75, 3.05) is 18.8 Å². The Bertz CT molecular complexity index is 938. The van der Waals surface area contributed by atoms with Crippen molar-refractivity contribution in [1.82, 2.24) is 15.1 Å². The number of piperidine rings is 2. The van der Waals surface area contributed by atoms with E-state index in [1.54, 1.807) is 16.7 Å². The molecule has 4 rings (SSSR count). The zero-order chi connectivity index (χ0) is 27.9. The molecule has 2 unspecified atom stereocenters. The fraction of sp³-hybridized carbons (Fsp3) is 0.815. The summed E-state index contributed by atoms with van der Waals surface area (Å²) in [6.45, 7) is 0.629. The summed E-state index contributed by atoms with van der Waals surface area (Å²) in [6, 6.07) is -2.45. The summed E-state index contributed by atoms with van der Waals surface area (Å²) < 4.78 is 0. The summed E-state index contributed by atoms with van der Waals surface area (Å²) in [6.07, 6.45) is 11.3. The normalized spacial score (nSPS) is 28.5. The van der Waals surface area contributed by atoms with Crippen LogP contribution in [-0.4, -0.2) is 86.9 Å². The Labute approximate surface area is 234 Å². The van der Waals surface area contributed by atoms with Crippen LogP contribution in [0.4, 0.5) is 0 Å². The second kappa shape index (κ2) is 13.7. The minimum atomic E-state index is -1.04. The van der Waals surface area contributed by atoms with Crippen molar-refractivity contribution < 1.29 is 24.3 Å². The van der Waals surface area contributed by atoms with Gasteiger partial charge in [-0.05, 0) is 57.3 Å². The van der Waals surface area contributed by atoms with Gasteiger partial charge in [0.1, 0.15) is 18.1 Å². The van der Waals surface area contributed by atoms with E-state index in [1.807, 2.05) is 0 Å². The van der Waals surface area contributed by atoms with Crippen LogP contribution in [0.2, 0.25) is 0 Å². The molecular weight excluding hydrogens is 520 g/mol. The third-order valence-electron chi connectivity index (χ3n) is 8.73. The van der Waals surface area contributed by atoms with E-state index in [-0.39, 0.29) is 35.5 Å². The Morgan fingerprint density at radius 3 is 2.49 bits per heavy atom. The van der Waals surface area contributed by atoms with Crippen molar-refractivity contribution in [3.05, 3.63) is 0 Å². The molecule has 0 bridgehead atoms. The minimum absolute atomic E-state index is 0.00893. The van der Waals surface area contributed by atoms with Gasteiger partial charge in [0.05, 0.1) is 5.37 Å². The number of carboxylic acid groups (broad SMARTS) is 1. The summed E-state index contributed by atoms with van der Waals surface area (Å²) in [5, 5.41) is 12.6. The van der Waals surface area contributed by atoms with Gasteiger partial charge in [-0.15, -0.1) is 11.8 Å². The van der Waals surface area contributed by atoms with Crippen LogP contribution in [0.25, 0.3) is 0 Å². The number of aliphatic carboxylic acids is 1. The standard InChI is InChI=1S/C27H44N6O5S/c28-27(29)30-13-6-9-19(25(36)32-14-5-4-10-20(32)26(37)38)31-23(34)21-16-39-22-12-11-18(24(35)33(21)22)15-17-7-2-1-3-8-17/h17-22H,1-16H2,(H,31,34)(H,37,38)(H4,28,29,30)/t18?,19-,20+,21-,22?/m0/s1. The number of guanidine groups is 1. The van der Waals surface area contributed by atoms with Crippen LogP contribution >= 0.6 is 11.8 Å². The van der Waals surface area contributed by atoms with Crippen molar-refractivity contribution in [2.24, 2.45) is 28.3 Å². The number of carbonyl (C=O) groups excluding carboxylic acids is 3. The molecule has 3 saturated heterocycles. The number of nitrogens with one attached hydrogen (secondary N) is 1. The van der Waals surface area contributed by atoms with Gasteiger partial charge < -0.3 is 31.7 Å². The highest BCUT2D eigenvalue weighted by Gasteiger charge is 2.47. The van der Waals surface area contributed by atoms with E-state index in [4.69, 9.17) is 11.5 Å². The topological polar surface area (TPSA) is 171 Å². The molecule has 1 aliphatic carbocycles. The van der Waals surface area contributed by atoms with Crippen LogP contribution in [0, 0.1) is 11.8 Å². The maximum absolute atomic E-state index is 13.6. The van der Waals surface area contributed by atoms with E-state index in [9.17, 15) is 24.3 Å². The predicted molar refractivity (Wildman–Crippen MR) is 150 cm³/mol. The zero-order valence-corrected chi connectivity index (χ0v) is 23.6. The maximum atomic E-state index is 13.6. The minimum Gasteiger partial charge on any atom is -0.480 e. The third-order valence-corrected chi connectivity index (χ3v) is 10.1. The van der Waals surface area contributed by atoms with Crippen molar-refractivity contribution in [2.45, 2.75) is 107 Å². The highest BCUT2D eigenvalue weighted by atomic mass is 32.2. The molecule has 5 atom stereocenters. The van der Waals surface area contributed by atoms with Crippen molar-refractivity contribution in [3.63, 3.8) is 0 Å². The molecule has 6 N–H and O–H groups in total. The summed E-state index contributed by atoms with van der Waals surface area (Å²) in [5.41, 5.74) is 10.8. The summed E-state index contributed by atoms with van der Waals surface area (Å²) in [5.74, 6) is -0.723. The molecule has 1 saturated carbocycles. The largest absolute Gasteiger partial charge is 0.480 e. The van der Waals surface area contributed by atoms with Crippen LogP contribution in [-0.2, 0) is 19.2 Å². The smallest absolute Gasteiger partial charge is 0.326 e. The Hall–Kier alpha value is -2.50. The maximum Gasteiger partial charge on any atom is 0.326 e. The third kappa shape index (κ3) is 7.37. The van der Waals surface area contributed by atoms with Crippen molar-refractivity contribution in [1.29, 1.82) is 0 Å². The van der Waals surface area contributed by atoms with Crippen LogP contribution in [0.5, 0.6) is 0 Å². The Morgan fingerprint density at radius 2 is 1.77 bits per heavy atom. The van der Waals surface area contributed by atoms with E-state index in [0.717, 1.165) is 32.1 Å². The number of likely N-dealkylation sites (tertiary alicyclic amines) is 1. The highest BCUT2D eigenvalue weighted by Crippen LogP contribution is 2.41. The molecule has 218 valence electrons. The van der Waals surface area contributed by atoms with Crippen LogP contribution < -0.4 is 16.8 Å². The number of hydrogen-bond donors (Lipinski definition) is 4. The molecule has 3 aliphatic heterocycles. The lowest BCUT2D eigenvalue weighted by Crippen LogP contribution is -2.59. The van der Waals surface area contributed by atoms with Crippen LogP contribution in [0.3, 0.4) is 0 Å². The van der Waals surface area contributed by atoms with Crippen molar-refractivity contribution >= 4 is 41.4 Å². The number of nitrogens with two attached hydrogens (primary N) is 2. The van der Waals surface area contributed by atoms with Crippen LogP contribution in [0.15, 0.2) is 4.99 Å². The van der Waals surface area contributed by atoms with Gasteiger partial charge in [0.2, 0.25) is 17.7 Å². The molecule has 11 nitrogen and oxygen atoms in total. The Kier molecular flexibility index (Phi) is 10.4. The first kappa shape index (κ1) is 29.5. The van der Waals surface area contributed by atoms with Crippen molar-refractivity contribution in [3.8, 4) is 0 Å². The first-order valence-corrected chi connectivity index (χ1v) is 15.6. The number of hydrogen-bond acceptors (Lipinski definition) is 6. The molecule has 0 spiro atoms. The van der Waals surface area contributed by atoms with Gasteiger partial charge in [-0.1, -0.05) is 32.1 Å². The van der Waals surface area contributed by atoms with E-state index >= 15 is 0 Å². The number of nitrogens with zero attached hydrogens (tertiary/aromatic N) is 3. The number of amides is 3. The number of carboxylic acids is 1. The predicted octanol–water partition coefficient (Wildman–Crippen LogP) is 1.64. The van der Waals surface area contributed by atoms with E-state index < -0.39 is 30.0 Å². The number of thioether (sulfide) groups is 1. The number of rotatable bonds is 10. The first-order valence-electron chi connectivity index (χ1n) is 14.6. The monoisotopic (exact) mass is 564 g/mol. The van der Waals surface area contributed by atoms with Gasteiger partial charge in [-0.2, -0.15) is 0 Å². The molecule has 0 aromatic heterocycles. The average molecular weight is 565 g/mol. The SMILES string of the molecule is NC(N)=NCCC[C@H](NC(=O)[C@@H]1CSC2CCC(CC3CCCCC3)C(=O)N21)C(=O)N1CCCC[C@@H]1C(=O)O. The van der Waals surface area contributed by atoms with Gasteiger partial charge in [0, 0.05) is 24.8 Å². The van der Waals surface area contributed by atoms with Crippen LogP contribution in [0.1, 0.15) is 83.5 Å². The molecule has 0 aromatic carbocycles. The lowest BCUT2D eigenvalue weighted by Gasteiger charge is -2.39. The second-order valence-corrected chi connectivity index (χ2v) is 12.7. The van der Waals surface area contributed by atoms with Gasteiger partial charge in [0.15, 0.2) is 5.96 Å². The lowest BCUT2D eigenvalue weighted by molar-refractivity contribution is -0.154. The fourth-order valence-corrected chi connectivity index (χ4v) is 8.12. The summed E-state index contributed by atoms with van der Waals surface area (Å²) in [4.78, 5) is 59.8. The van der Waals surface area contributed by atoms with Gasteiger partial charge in [-0.25, -0.2) is 4.79 Å². The molecule has 4 aliphatic rings. The molecular formula is C27H44N6O5S. The summed E-state index contributed by atoms with van der Waals surface area (Å²) >= 11 is 1.63. The number of fused-ring (bicyclic) bond motifs is 1. The Morgan fingerprint density at radius 1 is 1.03 bits per heavy atom. The summed E-state index contributed by atoms with van der Waals surface area (Å²) in [7, 11) is 0. The molecule has 39 heavy (non-hydrogen) atoms. The molecule has 4 fully saturated rings. The molecule has 3 heterocycles. The molecule has 0 radical (unpaired) electrons. The highest BCUT2D eigenvalue weighted by molar-refractivity contribution is 8.00. The first-order chi connectivity index (χ1) is 18.8. The van der Waals surface area contributed by atoms with Gasteiger partial charge in [-0.3, -0.25) is 19.4 Å². The molecule has 12 heteroatoms. The lowest BCUT2D eigenvalue weighted by atomic mass is 9.80. The Balaban J connectivity index is 1.44. The fourth-order valence-electron chi connectivity index (χ4n) is 6.69. The second-order valence-electron chi connectivity index (χ2n) is 11.5. The van der Waals surface area contributed by atoms with E-state index in [2.05, 4.69) is 10.3 Å². The average Bonchev–Trinajstić information content (AvgIpc) is 3.37. The van der Waals surface area contributed by atoms with E-state index in [1.165, 1.54) is 37.0 Å². The number of aliphatic imine (C=N–C) groups is 1. The number of carbonyl (C=O) groups is 4. The quantitative estimate of drug-likeness (QED) is 0.176. The zero-order valence-electron chi connectivity index (χ0n) is 22.8. The molecule has 0 aromatic rings.